The van der Waals surface area contributed by atoms with Gasteiger partial charge in [0.2, 0.25) is 6.41 Å². The summed E-state index contributed by atoms with van der Waals surface area (Å²) in [5.74, 6) is 0. The molecule has 1 aromatic rings. The minimum Gasteiger partial charge on any atom is -0.404 e. The molecule has 1 aliphatic heterocycles. The molecule has 0 spiro atoms. The first kappa shape index (κ1) is 15.3. The van der Waals surface area contributed by atoms with Gasteiger partial charge >= 0.3 is 7.12 Å². The molecule has 1 saturated heterocycles. The minimum atomic E-state index is -0.259. The number of carbonyl (C=O) groups excluding carboxylic acids is 1. The van der Waals surface area contributed by atoms with Crippen molar-refractivity contribution in [3.63, 3.8) is 0 Å². The lowest BCUT2D eigenvalue weighted by Crippen LogP contribution is -2.34. The van der Waals surface area contributed by atoms with Gasteiger partial charge in [0.15, 0.2) is 0 Å². The van der Waals surface area contributed by atoms with Crippen LogP contribution in [0.1, 0.15) is 38.7 Å². The monoisotopic (exact) mass is 299 g/mol. The first-order valence-electron chi connectivity index (χ1n) is 7.86. The van der Waals surface area contributed by atoms with Crippen molar-refractivity contribution < 1.29 is 14.1 Å². The summed E-state index contributed by atoms with van der Waals surface area (Å²) in [6.45, 7) is 4.70. The van der Waals surface area contributed by atoms with E-state index in [-0.39, 0.29) is 18.8 Å². The molecule has 22 heavy (non-hydrogen) atoms. The Bertz CT molecular complexity index is 568. The van der Waals surface area contributed by atoms with E-state index in [1.165, 1.54) is 11.1 Å². The Balaban J connectivity index is 1.66. The third kappa shape index (κ3) is 3.42. The number of amides is 1. The molecule has 1 fully saturated rings. The van der Waals surface area contributed by atoms with E-state index >= 15 is 0 Å². The van der Waals surface area contributed by atoms with Crippen LogP contribution in [0, 0.1) is 0 Å². The van der Waals surface area contributed by atoms with Gasteiger partial charge in [0.05, 0.1) is 12.2 Å². The van der Waals surface area contributed by atoms with Gasteiger partial charge in [-0.05, 0) is 49.7 Å². The number of carbonyl (C=O) groups is 1. The van der Waals surface area contributed by atoms with E-state index in [9.17, 15) is 4.79 Å². The van der Waals surface area contributed by atoms with Gasteiger partial charge in [0, 0.05) is 6.04 Å². The topological polar surface area (TPSA) is 47.6 Å². The van der Waals surface area contributed by atoms with Crippen LogP contribution < -0.4 is 10.8 Å². The lowest BCUT2D eigenvalue weighted by molar-refractivity contribution is -0.110. The molecule has 0 bridgehead atoms. The summed E-state index contributed by atoms with van der Waals surface area (Å²) in [7, 11) is -0.259. The van der Waals surface area contributed by atoms with E-state index in [4.69, 9.17) is 9.31 Å². The minimum absolute atomic E-state index is 0.212. The van der Waals surface area contributed by atoms with Gasteiger partial charge in [-0.25, -0.2) is 0 Å². The van der Waals surface area contributed by atoms with E-state index in [0.717, 1.165) is 31.1 Å². The van der Waals surface area contributed by atoms with Crippen LogP contribution in [-0.4, -0.2) is 31.8 Å². The van der Waals surface area contributed by atoms with Crippen molar-refractivity contribution >= 4 is 24.6 Å². The molecule has 116 valence electrons. The second kappa shape index (κ2) is 6.27. The maximum Gasteiger partial charge on any atom is 0.494 e. The van der Waals surface area contributed by atoms with E-state index in [0.29, 0.717) is 6.61 Å². The molecule has 1 atom stereocenters. The zero-order valence-corrected chi connectivity index (χ0v) is 13.2. The molecule has 0 radical (unpaired) electrons. The highest BCUT2D eigenvalue weighted by Crippen LogP contribution is 2.27. The van der Waals surface area contributed by atoms with E-state index < -0.39 is 0 Å². The van der Waals surface area contributed by atoms with Crippen LogP contribution in [0.25, 0.3) is 5.57 Å². The maximum absolute atomic E-state index is 10.5. The number of benzene rings is 1. The molecular formula is C17H22BNO3. The van der Waals surface area contributed by atoms with Crippen molar-refractivity contribution in [3.05, 3.63) is 35.9 Å². The van der Waals surface area contributed by atoms with Gasteiger partial charge < -0.3 is 14.6 Å². The number of hydrogen-bond acceptors (Lipinski definition) is 3. The van der Waals surface area contributed by atoms with Crippen LogP contribution in [-0.2, 0) is 14.1 Å². The van der Waals surface area contributed by atoms with E-state index in [2.05, 4.69) is 35.7 Å². The summed E-state index contributed by atoms with van der Waals surface area (Å²) in [6, 6.07) is 8.71. The van der Waals surface area contributed by atoms with Crippen molar-refractivity contribution in [3.8, 4) is 0 Å². The first-order chi connectivity index (χ1) is 10.6. The first-order valence-corrected chi connectivity index (χ1v) is 7.86. The Labute approximate surface area is 132 Å². The highest BCUT2D eigenvalue weighted by Gasteiger charge is 2.37. The molecular weight excluding hydrogens is 277 g/mol. The van der Waals surface area contributed by atoms with Gasteiger partial charge in [-0.15, -0.1) is 0 Å². The fraction of sp³-hybridized carbons (Fsp3) is 0.471. The van der Waals surface area contributed by atoms with E-state index in [1.54, 1.807) is 0 Å². The van der Waals surface area contributed by atoms with Crippen LogP contribution in [0.4, 0.5) is 0 Å². The maximum atomic E-state index is 10.5. The highest BCUT2D eigenvalue weighted by molar-refractivity contribution is 6.61. The quantitative estimate of drug-likeness (QED) is 0.682. The molecule has 1 heterocycles. The largest absolute Gasteiger partial charge is 0.494 e. The van der Waals surface area contributed by atoms with Gasteiger partial charge in [0.25, 0.3) is 0 Å². The predicted octanol–water partition coefficient (Wildman–Crippen LogP) is 1.89. The normalized spacial score (nSPS) is 24.0. The summed E-state index contributed by atoms with van der Waals surface area (Å²) in [5.41, 5.74) is 3.44. The predicted molar refractivity (Wildman–Crippen MR) is 87.8 cm³/mol. The lowest BCUT2D eigenvalue weighted by Gasteiger charge is -2.21. The third-order valence-electron chi connectivity index (χ3n) is 4.28. The second-order valence-corrected chi connectivity index (χ2v) is 6.63. The number of hydrogen-bond donors (Lipinski definition) is 1. The van der Waals surface area contributed by atoms with Crippen LogP contribution >= 0.6 is 0 Å². The zero-order chi connectivity index (χ0) is 15.6. The standard InChI is InChI=1S/C17H22BNO3/c1-17(2)11-21-18(22-17)15-7-3-13(4-8-15)14-5-9-16(10-6-14)19-12-20/h3-5,7-8,12,16H,6,9-11H2,1-2H3,(H,19,20). The number of rotatable bonds is 4. The Morgan fingerprint density at radius 2 is 2.09 bits per heavy atom. The average molecular weight is 299 g/mol. The molecule has 4 nitrogen and oxygen atoms in total. The second-order valence-electron chi connectivity index (χ2n) is 6.63. The van der Waals surface area contributed by atoms with Crippen molar-refractivity contribution in [2.45, 2.75) is 44.8 Å². The van der Waals surface area contributed by atoms with Crippen molar-refractivity contribution in [1.29, 1.82) is 0 Å². The van der Waals surface area contributed by atoms with E-state index in [1.807, 2.05) is 13.8 Å². The summed E-state index contributed by atoms with van der Waals surface area (Å²) < 4.78 is 11.6. The summed E-state index contributed by atoms with van der Waals surface area (Å²) in [4.78, 5) is 10.5. The zero-order valence-electron chi connectivity index (χ0n) is 13.2. The molecule has 1 amide bonds. The van der Waals surface area contributed by atoms with Crippen LogP contribution in [0.2, 0.25) is 0 Å². The van der Waals surface area contributed by atoms with Gasteiger partial charge in [-0.1, -0.05) is 30.3 Å². The summed E-state index contributed by atoms with van der Waals surface area (Å²) >= 11 is 0. The number of allylic oxidation sites excluding steroid dienone is 1. The summed E-state index contributed by atoms with van der Waals surface area (Å²) in [5, 5.41) is 2.85. The smallest absolute Gasteiger partial charge is 0.404 e. The Hall–Kier alpha value is -1.59. The summed E-state index contributed by atoms with van der Waals surface area (Å²) in [6.07, 6.45) is 5.91. The van der Waals surface area contributed by atoms with Crippen LogP contribution in [0.5, 0.6) is 0 Å². The van der Waals surface area contributed by atoms with Gasteiger partial charge in [-0.3, -0.25) is 4.79 Å². The Kier molecular flexibility index (Phi) is 4.36. The van der Waals surface area contributed by atoms with Gasteiger partial charge in [0.1, 0.15) is 0 Å². The molecule has 0 saturated carbocycles. The molecule has 1 aliphatic carbocycles. The van der Waals surface area contributed by atoms with Gasteiger partial charge in [-0.2, -0.15) is 0 Å². The number of nitrogens with one attached hydrogen (secondary N) is 1. The third-order valence-corrected chi connectivity index (χ3v) is 4.28. The fourth-order valence-corrected chi connectivity index (χ4v) is 3.00. The van der Waals surface area contributed by atoms with Crippen molar-refractivity contribution in [1.82, 2.24) is 5.32 Å². The molecule has 1 unspecified atom stereocenters. The fourth-order valence-electron chi connectivity index (χ4n) is 3.00. The molecule has 1 N–H and O–H groups in total. The Morgan fingerprint density at radius 1 is 1.32 bits per heavy atom. The van der Waals surface area contributed by atoms with Crippen LogP contribution in [0.3, 0.4) is 0 Å². The lowest BCUT2D eigenvalue weighted by atomic mass is 9.78. The van der Waals surface area contributed by atoms with Crippen molar-refractivity contribution in [2.24, 2.45) is 0 Å². The molecule has 0 aromatic heterocycles. The Morgan fingerprint density at radius 3 is 2.64 bits per heavy atom. The highest BCUT2D eigenvalue weighted by atomic mass is 16.7. The van der Waals surface area contributed by atoms with Crippen LogP contribution in [0.15, 0.2) is 30.3 Å². The molecule has 3 rings (SSSR count). The van der Waals surface area contributed by atoms with Crippen molar-refractivity contribution in [2.75, 3.05) is 6.61 Å². The SMILES string of the molecule is CC1(C)COB(c2ccc(C3=CCC(NC=O)CC3)cc2)O1. The average Bonchev–Trinajstić information content (AvgIpc) is 2.89. The molecule has 1 aromatic carbocycles. The molecule has 5 heteroatoms. The molecule has 2 aliphatic rings.